The minimum Gasteiger partial charge on any atom is -0.465 e. The van der Waals surface area contributed by atoms with Crippen molar-refractivity contribution >= 4 is 6.09 Å². The summed E-state index contributed by atoms with van der Waals surface area (Å²) in [6, 6.07) is 11.7. The molecule has 5 aliphatic rings. The van der Waals surface area contributed by atoms with E-state index in [1.165, 1.54) is 12.1 Å². The monoisotopic (exact) mass is 486 g/mol. The van der Waals surface area contributed by atoms with E-state index in [2.05, 4.69) is 9.64 Å². The molecule has 2 aromatic carbocycles. The number of carboxylic acid groups (broad SMARTS) is 1. The molecule has 1 unspecified atom stereocenters. The Balaban J connectivity index is 1.40. The number of hydrogen-bond acceptors (Lipinski definition) is 3. The fourth-order valence-corrected chi connectivity index (χ4v) is 6.80. The van der Waals surface area contributed by atoms with Crippen molar-refractivity contribution in [2.75, 3.05) is 19.6 Å². The van der Waals surface area contributed by atoms with Gasteiger partial charge in [0.1, 0.15) is 5.75 Å². The molecule has 4 fully saturated rings. The molecule has 1 spiro atoms. The number of hydrogen-bond donors (Lipinski definition) is 1. The maximum atomic E-state index is 12.8. The van der Waals surface area contributed by atoms with Gasteiger partial charge < -0.3 is 14.7 Å². The molecule has 3 heterocycles. The Bertz CT molecular complexity index is 1140. The summed E-state index contributed by atoms with van der Waals surface area (Å²) < 4.78 is 42.4. The summed E-state index contributed by atoms with van der Waals surface area (Å²) in [5, 5.41) is 10.5. The third-order valence-corrected chi connectivity index (χ3v) is 8.68. The van der Waals surface area contributed by atoms with Crippen molar-refractivity contribution in [3.05, 3.63) is 53.6 Å². The fraction of sp³-hybridized carbons (Fsp3) is 0.519. The van der Waals surface area contributed by atoms with E-state index < -0.39 is 12.5 Å². The van der Waals surface area contributed by atoms with E-state index >= 15 is 0 Å². The lowest BCUT2D eigenvalue weighted by Crippen LogP contribution is -2.60. The Morgan fingerprint density at radius 3 is 2.43 bits per heavy atom. The molecule has 1 saturated carbocycles. The van der Waals surface area contributed by atoms with Crippen LogP contribution in [0, 0.1) is 11.3 Å². The number of piperidine rings is 3. The van der Waals surface area contributed by atoms with Crippen molar-refractivity contribution in [2.24, 2.45) is 11.3 Å². The summed E-state index contributed by atoms with van der Waals surface area (Å²) in [5.74, 6) is 0.124. The zero-order chi connectivity index (χ0) is 24.4. The average molecular weight is 487 g/mol. The minimum atomic E-state index is -4.75. The molecule has 0 aromatic heterocycles. The van der Waals surface area contributed by atoms with E-state index in [0.717, 1.165) is 74.8 Å². The SMILES string of the molecule is O=C(O)N(C1CN2CCC1CC2)[C@@H]1c2cc(-c3cccc(OC(F)(F)F)c3)ccc2CCC12CC2. The summed E-state index contributed by atoms with van der Waals surface area (Å²) in [5.41, 5.74) is 3.53. The second-order valence-corrected chi connectivity index (χ2v) is 10.6. The summed E-state index contributed by atoms with van der Waals surface area (Å²) in [7, 11) is 0. The third-order valence-electron chi connectivity index (χ3n) is 8.68. The Labute approximate surface area is 202 Å². The van der Waals surface area contributed by atoms with Crippen molar-refractivity contribution in [1.82, 2.24) is 9.80 Å². The van der Waals surface area contributed by atoms with E-state index in [0.29, 0.717) is 11.5 Å². The van der Waals surface area contributed by atoms with Crippen LogP contribution in [0.5, 0.6) is 5.75 Å². The van der Waals surface area contributed by atoms with Gasteiger partial charge in [-0.1, -0.05) is 24.3 Å². The Morgan fingerprint density at radius 2 is 1.80 bits per heavy atom. The number of benzene rings is 2. The molecule has 8 heteroatoms. The van der Waals surface area contributed by atoms with E-state index in [4.69, 9.17) is 0 Å². The second kappa shape index (κ2) is 8.15. The van der Waals surface area contributed by atoms with Crippen LogP contribution in [0.2, 0.25) is 0 Å². The van der Waals surface area contributed by atoms with Crippen LogP contribution in [0.3, 0.4) is 0 Å². The highest BCUT2D eigenvalue weighted by Crippen LogP contribution is 2.64. The maximum Gasteiger partial charge on any atom is 0.573 e. The summed E-state index contributed by atoms with van der Waals surface area (Å²) >= 11 is 0. The van der Waals surface area contributed by atoms with Crippen molar-refractivity contribution in [1.29, 1.82) is 0 Å². The summed E-state index contributed by atoms with van der Waals surface area (Å²) in [6.07, 6.45) is 0.359. The molecule has 2 aliphatic carbocycles. The molecule has 2 bridgehead atoms. The number of fused-ring (bicyclic) bond motifs is 4. The molecule has 2 aromatic rings. The molecule has 2 atom stereocenters. The first-order valence-electron chi connectivity index (χ1n) is 12.5. The largest absolute Gasteiger partial charge is 0.573 e. The number of aryl methyl sites for hydroxylation is 1. The predicted molar refractivity (Wildman–Crippen MR) is 124 cm³/mol. The lowest BCUT2D eigenvalue weighted by molar-refractivity contribution is -0.274. The summed E-state index contributed by atoms with van der Waals surface area (Å²) in [4.78, 5) is 17.0. The first-order chi connectivity index (χ1) is 16.7. The van der Waals surface area contributed by atoms with Gasteiger partial charge in [-0.25, -0.2) is 4.79 Å². The standard InChI is InChI=1S/C27H29F3N2O3/c28-27(29,30)35-21-3-1-2-19(14-21)20-5-4-17-6-9-26(10-11-26)24(22(17)15-20)32(25(33)34)23-16-31-12-7-18(23)8-13-31/h1-5,14-15,18,23-24H,6-13,16H2,(H,33,34)/t23?,24-/m1/s1. The van der Waals surface area contributed by atoms with E-state index in [1.54, 1.807) is 17.0 Å². The van der Waals surface area contributed by atoms with E-state index in [9.17, 15) is 23.1 Å². The number of carbonyl (C=O) groups is 1. The van der Waals surface area contributed by atoms with E-state index in [-0.39, 0.29) is 23.2 Å². The Morgan fingerprint density at radius 1 is 1.06 bits per heavy atom. The number of ether oxygens (including phenoxy) is 1. The van der Waals surface area contributed by atoms with E-state index in [1.807, 2.05) is 18.2 Å². The highest BCUT2D eigenvalue weighted by atomic mass is 19.4. The summed E-state index contributed by atoms with van der Waals surface area (Å²) in [6.45, 7) is 2.87. The average Bonchev–Trinajstić information content (AvgIpc) is 3.60. The molecule has 5 nitrogen and oxygen atoms in total. The van der Waals surface area contributed by atoms with Gasteiger partial charge in [0, 0.05) is 6.54 Å². The zero-order valence-electron chi connectivity index (χ0n) is 19.4. The van der Waals surface area contributed by atoms with Crippen LogP contribution in [0.25, 0.3) is 11.1 Å². The van der Waals surface area contributed by atoms with Crippen LogP contribution in [-0.2, 0) is 6.42 Å². The molecule has 0 radical (unpaired) electrons. The molecule has 1 N–H and O–H groups in total. The molecule has 186 valence electrons. The van der Waals surface area contributed by atoms with Gasteiger partial charge in [0.05, 0.1) is 12.1 Å². The smallest absolute Gasteiger partial charge is 0.465 e. The van der Waals surface area contributed by atoms with Gasteiger partial charge in [-0.2, -0.15) is 0 Å². The maximum absolute atomic E-state index is 12.8. The van der Waals surface area contributed by atoms with Gasteiger partial charge in [-0.3, -0.25) is 4.90 Å². The van der Waals surface area contributed by atoms with Gasteiger partial charge in [-0.05, 0) is 103 Å². The number of amides is 1. The van der Waals surface area contributed by atoms with Crippen LogP contribution >= 0.6 is 0 Å². The number of rotatable bonds is 4. The second-order valence-electron chi connectivity index (χ2n) is 10.6. The molecular formula is C27H29F3N2O3. The van der Waals surface area contributed by atoms with Crippen molar-refractivity contribution < 1.29 is 27.8 Å². The van der Waals surface area contributed by atoms with Gasteiger partial charge in [0.15, 0.2) is 0 Å². The van der Waals surface area contributed by atoms with Gasteiger partial charge in [0.2, 0.25) is 0 Å². The Kier molecular flexibility index (Phi) is 5.29. The zero-order valence-corrected chi connectivity index (χ0v) is 19.4. The quantitative estimate of drug-likeness (QED) is 0.568. The van der Waals surface area contributed by atoms with Gasteiger partial charge >= 0.3 is 12.5 Å². The van der Waals surface area contributed by atoms with Crippen LogP contribution in [0.1, 0.15) is 49.3 Å². The van der Waals surface area contributed by atoms with Gasteiger partial charge in [-0.15, -0.1) is 13.2 Å². The van der Waals surface area contributed by atoms with Crippen LogP contribution in [0.4, 0.5) is 18.0 Å². The normalized spacial score (nSPS) is 28.4. The van der Waals surface area contributed by atoms with Crippen LogP contribution < -0.4 is 4.74 Å². The lowest BCUT2D eigenvalue weighted by atomic mass is 9.73. The first-order valence-corrected chi connectivity index (χ1v) is 12.5. The highest BCUT2D eigenvalue weighted by molar-refractivity contribution is 5.70. The first kappa shape index (κ1) is 22.7. The van der Waals surface area contributed by atoms with Crippen molar-refractivity contribution in [3.63, 3.8) is 0 Å². The fourth-order valence-electron chi connectivity index (χ4n) is 6.80. The number of nitrogens with zero attached hydrogens (tertiary/aromatic N) is 2. The molecule has 3 aliphatic heterocycles. The highest BCUT2D eigenvalue weighted by Gasteiger charge is 2.57. The van der Waals surface area contributed by atoms with Crippen molar-refractivity contribution in [2.45, 2.75) is 57.0 Å². The Hall–Kier alpha value is -2.74. The minimum absolute atomic E-state index is 0.0180. The number of alkyl halides is 3. The molecular weight excluding hydrogens is 457 g/mol. The van der Waals surface area contributed by atoms with Crippen LogP contribution in [-0.4, -0.2) is 53.0 Å². The molecule has 3 saturated heterocycles. The van der Waals surface area contributed by atoms with Crippen molar-refractivity contribution in [3.8, 4) is 16.9 Å². The topological polar surface area (TPSA) is 53.0 Å². The number of halogens is 3. The lowest BCUT2D eigenvalue weighted by Gasteiger charge is -2.52. The predicted octanol–water partition coefficient (Wildman–Crippen LogP) is 6.09. The third kappa shape index (κ3) is 4.15. The molecule has 7 rings (SSSR count). The molecule has 1 amide bonds. The van der Waals surface area contributed by atoms with Crippen LogP contribution in [0.15, 0.2) is 42.5 Å². The van der Waals surface area contributed by atoms with Gasteiger partial charge in [0.25, 0.3) is 0 Å². The molecule has 35 heavy (non-hydrogen) atoms.